The predicted octanol–water partition coefficient (Wildman–Crippen LogP) is 2.31. The van der Waals surface area contributed by atoms with Gasteiger partial charge in [0.1, 0.15) is 0 Å². The van der Waals surface area contributed by atoms with Crippen LogP contribution >= 0.6 is 11.6 Å². The van der Waals surface area contributed by atoms with Crippen molar-refractivity contribution in [1.29, 1.82) is 0 Å². The largest absolute Gasteiger partial charge is 0.220 e. The first kappa shape index (κ1) is 9.21. The number of halogens is 1. The monoisotopic (exact) mass is 207 g/mol. The average molecular weight is 208 g/mol. The van der Waals surface area contributed by atoms with Gasteiger partial charge in [0, 0.05) is 0 Å². The van der Waals surface area contributed by atoms with Gasteiger partial charge in [-0.15, -0.1) is 16.7 Å². The molecule has 0 N–H and O–H groups in total. The number of nitrogens with zero attached hydrogens (tertiary/aromatic N) is 3. The lowest BCUT2D eigenvalue weighted by molar-refractivity contribution is 0.796. The van der Waals surface area contributed by atoms with Crippen LogP contribution in [0.25, 0.3) is 5.69 Å². The minimum absolute atomic E-state index is 0.395. The normalized spacial score (nSPS) is 10.4. The molecular formula is C10H10ClN3. The van der Waals surface area contributed by atoms with Gasteiger partial charge in [0.2, 0.25) is 0 Å². The topological polar surface area (TPSA) is 30.7 Å². The molecule has 0 saturated carbocycles. The van der Waals surface area contributed by atoms with Gasteiger partial charge in [-0.25, -0.2) is 4.68 Å². The standard InChI is InChI=1S/C10H10ClN3/c1-8-4-2-3-5-10(8)14-7-9(6-11)12-13-14/h2-5,7H,6H2,1H3. The molecule has 0 spiro atoms. The van der Waals surface area contributed by atoms with Gasteiger partial charge in [-0.1, -0.05) is 23.4 Å². The maximum atomic E-state index is 5.65. The minimum Gasteiger partial charge on any atom is -0.220 e. The van der Waals surface area contributed by atoms with E-state index in [1.54, 1.807) is 4.68 Å². The van der Waals surface area contributed by atoms with E-state index in [4.69, 9.17) is 11.6 Å². The molecule has 4 heteroatoms. The van der Waals surface area contributed by atoms with Crippen LogP contribution in [0.15, 0.2) is 30.5 Å². The highest BCUT2D eigenvalue weighted by Gasteiger charge is 2.03. The smallest absolute Gasteiger partial charge is 0.0979 e. The zero-order valence-corrected chi connectivity index (χ0v) is 8.57. The SMILES string of the molecule is Cc1ccccc1-n1cc(CCl)nn1. The van der Waals surface area contributed by atoms with E-state index < -0.39 is 0 Å². The van der Waals surface area contributed by atoms with Crippen LogP contribution in [0, 0.1) is 6.92 Å². The second-order valence-electron chi connectivity index (χ2n) is 3.07. The van der Waals surface area contributed by atoms with Crippen molar-refractivity contribution in [3.8, 4) is 5.69 Å². The van der Waals surface area contributed by atoms with Gasteiger partial charge in [-0.05, 0) is 18.6 Å². The zero-order valence-electron chi connectivity index (χ0n) is 7.81. The molecule has 14 heavy (non-hydrogen) atoms. The summed E-state index contributed by atoms with van der Waals surface area (Å²) in [7, 11) is 0. The number of aromatic nitrogens is 3. The third kappa shape index (κ3) is 1.63. The summed E-state index contributed by atoms with van der Waals surface area (Å²) in [5, 5.41) is 7.93. The maximum Gasteiger partial charge on any atom is 0.0979 e. The molecule has 0 unspecified atom stereocenters. The lowest BCUT2D eigenvalue weighted by Crippen LogP contribution is -1.96. The fraction of sp³-hybridized carbons (Fsp3) is 0.200. The molecule has 0 aliphatic rings. The van der Waals surface area contributed by atoms with Gasteiger partial charge in [0.15, 0.2) is 0 Å². The Balaban J connectivity index is 2.44. The average Bonchev–Trinajstić information content (AvgIpc) is 2.67. The molecule has 0 fully saturated rings. The molecule has 3 nitrogen and oxygen atoms in total. The molecule has 2 rings (SSSR count). The third-order valence-electron chi connectivity index (χ3n) is 2.04. The first-order valence-electron chi connectivity index (χ1n) is 4.34. The highest BCUT2D eigenvalue weighted by atomic mass is 35.5. The summed E-state index contributed by atoms with van der Waals surface area (Å²) in [4.78, 5) is 0. The first-order valence-corrected chi connectivity index (χ1v) is 4.88. The van der Waals surface area contributed by atoms with Crippen LogP contribution in [0.3, 0.4) is 0 Å². The summed E-state index contributed by atoms with van der Waals surface area (Å²) in [5.74, 6) is 0.395. The van der Waals surface area contributed by atoms with E-state index in [-0.39, 0.29) is 0 Å². The van der Waals surface area contributed by atoms with E-state index >= 15 is 0 Å². The van der Waals surface area contributed by atoms with Crippen LogP contribution in [0.4, 0.5) is 0 Å². The highest BCUT2D eigenvalue weighted by Crippen LogP contribution is 2.12. The van der Waals surface area contributed by atoms with Crippen molar-refractivity contribution >= 4 is 11.6 Å². The highest BCUT2D eigenvalue weighted by molar-refractivity contribution is 6.16. The van der Waals surface area contributed by atoms with Gasteiger partial charge >= 0.3 is 0 Å². The minimum atomic E-state index is 0.395. The summed E-state index contributed by atoms with van der Waals surface area (Å²) in [6.45, 7) is 2.04. The molecule has 0 aliphatic carbocycles. The molecule has 1 heterocycles. The van der Waals surface area contributed by atoms with Crippen molar-refractivity contribution in [3.05, 3.63) is 41.7 Å². The number of hydrogen-bond acceptors (Lipinski definition) is 2. The van der Waals surface area contributed by atoms with Crippen molar-refractivity contribution in [2.24, 2.45) is 0 Å². The molecule has 0 radical (unpaired) electrons. The van der Waals surface area contributed by atoms with Crippen molar-refractivity contribution in [1.82, 2.24) is 15.0 Å². The fourth-order valence-electron chi connectivity index (χ4n) is 1.30. The number of alkyl halides is 1. The van der Waals surface area contributed by atoms with Crippen molar-refractivity contribution in [3.63, 3.8) is 0 Å². The maximum absolute atomic E-state index is 5.65. The van der Waals surface area contributed by atoms with Gasteiger partial charge in [0.05, 0.1) is 23.5 Å². The second kappa shape index (κ2) is 3.80. The Labute approximate surface area is 87.3 Å². The molecular weight excluding hydrogens is 198 g/mol. The number of hydrogen-bond donors (Lipinski definition) is 0. The molecule has 0 saturated heterocycles. The van der Waals surface area contributed by atoms with E-state index in [0.29, 0.717) is 5.88 Å². The Morgan fingerprint density at radius 2 is 2.14 bits per heavy atom. The fourth-order valence-corrected chi connectivity index (χ4v) is 1.42. The number of aryl methyl sites for hydroxylation is 1. The molecule has 0 atom stereocenters. The van der Waals surface area contributed by atoms with E-state index in [9.17, 15) is 0 Å². The Morgan fingerprint density at radius 1 is 1.36 bits per heavy atom. The Hall–Kier alpha value is -1.35. The van der Waals surface area contributed by atoms with Gasteiger partial charge in [0.25, 0.3) is 0 Å². The first-order chi connectivity index (χ1) is 6.81. The summed E-state index contributed by atoms with van der Waals surface area (Å²) in [5.41, 5.74) is 2.99. The molecule has 0 amide bonds. The summed E-state index contributed by atoms with van der Waals surface area (Å²) < 4.78 is 1.74. The molecule has 1 aromatic heterocycles. The van der Waals surface area contributed by atoms with Crippen LogP contribution in [0.5, 0.6) is 0 Å². The molecule has 0 bridgehead atoms. The van der Waals surface area contributed by atoms with Crippen LogP contribution in [0.2, 0.25) is 0 Å². The van der Waals surface area contributed by atoms with Crippen LogP contribution in [0.1, 0.15) is 11.3 Å². The van der Waals surface area contributed by atoms with Crippen LogP contribution < -0.4 is 0 Å². The Morgan fingerprint density at radius 3 is 2.79 bits per heavy atom. The van der Waals surface area contributed by atoms with Crippen molar-refractivity contribution in [2.45, 2.75) is 12.8 Å². The zero-order chi connectivity index (χ0) is 9.97. The summed E-state index contributed by atoms with van der Waals surface area (Å²) in [6, 6.07) is 8.02. The number of rotatable bonds is 2. The molecule has 0 aliphatic heterocycles. The molecule has 72 valence electrons. The van der Waals surface area contributed by atoms with Gasteiger partial charge in [-0.3, -0.25) is 0 Å². The van der Waals surface area contributed by atoms with E-state index in [0.717, 1.165) is 11.4 Å². The number of para-hydroxylation sites is 1. The number of benzene rings is 1. The molecule has 2 aromatic rings. The van der Waals surface area contributed by atoms with E-state index in [1.165, 1.54) is 5.56 Å². The Kier molecular flexibility index (Phi) is 2.50. The van der Waals surface area contributed by atoms with Gasteiger partial charge < -0.3 is 0 Å². The van der Waals surface area contributed by atoms with E-state index in [1.807, 2.05) is 37.4 Å². The third-order valence-corrected chi connectivity index (χ3v) is 2.31. The van der Waals surface area contributed by atoms with E-state index in [2.05, 4.69) is 10.3 Å². The lowest BCUT2D eigenvalue weighted by atomic mass is 10.2. The summed E-state index contributed by atoms with van der Waals surface area (Å²) >= 11 is 5.65. The molecule has 1 aromatic carbocycles. The quantitative estimate of drug-likeness (QED) is 0.708. The van der Waals surface area contributed by atoms with Crippen molar-refractivity contribution in [2.75, 3.05) is 0 Å². The van der Waals surface area contributed by atoms with Gasteiger partial charge in [-0.2, -0.15) is 0 Å². The lowest BCUT2D eigenvalue weighted by Gasteiger charge is -2.02. The Bertz CT molecular complexity index is 436. The second-order valence-corrected chi connectivity index (χ2v) is 3.34. The summed E-state index contributed by atoms with van der Waals surface area (Å²) in [6.07, 6.45) is 1.84. The predicted molar refractivity (Wildman–Crippen MR) is 55.7 cm³/mol. The van der Waals surface area contributed by atoms with Crippen LogP contribution in [-0.2, 0) is 5.88 Å². The van der Waals surface area contributed by atoms with Crippen LogP contribution in [-0.4, -0.2) is 15.0 Å². The van der Waals surface area contributed by atoms with Crippen molar-refractivity contribution < 1.29 is 0 Å².